The van der Waals surface area contributed by atoms with Gasteiger partial charge in [0.15, 0.2) is 5.82 Å². The lowest BCUT2D eigenvalue weighted by atomic mass is 10.00. The molecule has 0 saturated carbocycles. The second kappa shape index (κ2) is 8.82. The molecule has 184 valence electrons. The van der Waals surface area contributed by atoms with Crippen LogP contribution in [0.3, 0.4) is 0 Å². The van der Waals surface area contributed by atoms with E-state index in [1.807, 2.05) is 4.72 Å². The molecule has 1 unspecified atom stereocenters. The zero-order valence-electron chi connectivity index (χ0n) is 17.7. The zero-order valence-corrected chi connectivity index (χ0v) is 18.5. The predicted molar refractivity (Wildman–Crippen MR) is 115 cm³/mol. The molecule has 0 saturated heterocycles. The number of hydrogen-bond acceptors (Lipinski definition) is 5. The van der Waals surface area contributed by atoms with Gasteiger partial charge in [0.1, 0.15) is 23.3 Å². The number of sulfonamides is 1. The number of pyridine rings is 1. The molecule has 35 heavy (non-hydrogen) atoms. The van der Waals surface area contributed by atoms with Crippen LogP contribution in [-0.4, -0.2) is 30.6 Å². The smallest absolute Gasteiger partial charge is 0.416 e. The normalized spacial score (nSPS) is 13.1. The van der Waals surface area contributed by atoms with Gasteiger partial charge in [-0.25, -0.2) is 22.2 Å². The van der Waals surface area contributed by atoms with Gasteiger partial charge in [0.05, 0.1) is 35.0 Å². The number of halogens is 5. The Kier molecular flexibility index (Phi) is 6.15. The highest BCUT2D eigenvalue weighted by Crippen LogP contribution is 2.35. The number of alkyl halides is 3. The number of rotatable bonds is 6. The van der Waals surface area contributed by atoms with Gasteiger partial charge in [0.2, 0.25) is 0 Å². The second-order valence-electron chi connectivity index (χ2n) is 7.37. The van der Waals surface area contributed by atoms with Crippen LogP contribution in [0.25, 0.3) is 11.0 Å². The van der Waals surface area contributed by atoms with Gasteiger partial charge in [-0.3, -0.25) is 4.72 Å². The molecule has 1 atom stereocenters. The van der Waals surface area contributed by atoms with Crippen LogP contribution in [0.5, 0.6) is 5.75 Å². The van der Waals surface area contributed by atoms with Gasteiger partial charge in [-0.2, -0.15) is 13.2 Å². The van der Waals surface area contributed by atoms with Crippen molar-refractivity contribution in [1.29, 1.82) is 0 Å². The van der Waals surface area contributed by atoms with Crippen molar-refractivity contribution in [2.45, 2.75) is 17.2 Å². The molecule has 2 aromatic heterocycles. The number of anilines is 1. The Morgan fingerprint density at radius 2 is 1.80 bits per heavy atom. The zero-order chi connectivity index (χ0) is 25.5. The van der Waals surface area contributed by atoms with Crippen molar-refractivity contribution in [3.8, 4) is 5.75 Å². The molecule has 7 nitrogen and oxygen atoms in total. The van der Waals surface area contributed by atoms with E-state index in [9.17, 15) is 31.1 Å². The minimum Gasteiger partial charge on any atom is -0.495 e. The van der Waals surface area contributed by atoms with E-state index in [-0.39, 0.29) is 5.56 Å². The fourth-order valence-electron chi connectivity index (χ4n) is 3.42. The van der Waals surface area contributed by atoms with E-state index in [2.05, 4.69) is 9.97 Å². The molecule has 4 aromatic rings. The fraction of sp³-hybridized carbons (Fsp3) is 0.136. The third-order valence-corrected chi connectivity index (χ3v) is 6.59. The maximum Gasteiger partial charge on any atom is 0.416 e. The highest BCUT2D eigenvalue weighted by atomic mass is 32.2. The van der Waals surface area contributed by atoms with Gasteiger partial charge in [-0.05, 0) is 42.5 Å². The molecule has 0 aliphatic carbocycles. The lowest BCUT2D eigenvalue weighted by Gasteiger charge is -2.16. The number of hydrogen-bond donors (Lipinski definition) is 3. The third kappa shape index (κ3) is 4.64. The average molecular weight is 513 g/mol. The van der Waals surface area contributed by atoms with Gasteiger partial charge in [-0.15, -0.1) is 0 Å². The standard InChI is InChI=1S/C22H16F5N3O4S/c1-34-12-8-14-15(10-29-21(14)28-9-12)20(31)18-16(23)6-7-17(19(18)24)30-35(32,33)13-4-2-11(3-5-13)22(25,26)27/h2-10,20,30-31H,1H3,(H,28,29). The van der Waals surface area contributed by atoms with Crippen LogP contribution in [0.2, 0.25) is 0 Å². The van der Waals surface area contributed by atoms with E-state index >= 15 is 4.39 Å². The summed E-state index contributed by atoms with van der Waals surface area (Å²) in [7, 11) is -3.16. The topological polar surface area (TPSA) is 104 Å². The molecular formula is C22H16F5N3O4S. The van der Waals surface area contributed by atoms with Crippen molar-refractivity contribution in [2.24, 2.45) is 0 Å². The van der Waals surface area contributed by atoms with Crippen LogP contribution in [-0.2, 0) is 16.2 Å². The van der Waals surface area contributed by atoms with Crippen molar-refractivity contribution in [3.05, 3.63) is 83.2 Å². The average Bonchev–Trinajstić information content (AvgIpc) is 3.23. The van der Waals surface area contributed by atoms with E-state index in [0.29, 0.717) is 41.0 Å². The molecule has 0 radical (unpaired) electrons. The minimum absolute atomic E-state index is 0.0481. The molecule has 3 N–H and O–H groups in total. The molecule has 0 aliphatic rings. The highest BCUT2D eigenvalue weighted by molar-refractivity contribution is 7.92. The van der Waals surface area contributed by atoms with Gasteiger partial charge >= 0.3 is 6.18 Å². The number of fused-ring (bicyclic) bond motifs is 1. The lowest BCUT2D eigenvalue weighted by molar-refractivity contribution is -0.137. The maximum atomic E-state index is 15.3. The van der Waals surface area contributed by atoms with Crippen molar-refractivity contribution >= 4 is 26.7 Å². The van der Waals surface area contributed by atoms with E-state index in [1.54, 1.807) is 0 Å². The summed E-state index contributed by atoms with van der Waals surface area (Å²) in [5.41, 5.74) is -2.27. The molecular weight excluding hydrogens is 497 g/mol. The Morgan fingerprint density at radius 3 is 2.43 bits per heavy atom. The Labute approximate surface area is 195 Å². The number of methoxy groups -OCH3 is 1. The van der Waals surface area contributed by atoms with Crippen LogP contribution >= 0.6 is 0 Å². The molecule has 2 heterocycles. The first-order chi connectivity index (χ1) is 16.4. The van der Waals surface area contributed by atoms with E-state index in [1.165, 1.54) is 25.6 Å². The Balaban J connectivity index is 1.70. The number of ether oxygens (including phenoxy) is 1. The summed E-state index contributed by atoms with van der Waals surface area (Å²) in [5, 5.41) is 11.1. The first kappa shape index (κ1) is 24.4. The monoisotopic (exact) mass is 513 g/mol. The first-order valence-electron chi connectivity index (χ1n) is 9.79. The van der Waals surface area contributed by atoms with Gasteiger partial charge in [-0.1, -0.05) is 0 Å². The molecule has 4 rings (SSSR count). The summed E-state index contributed by atoms with van der Waals surface area (Å²) in [6.07, 6.45) is -3.86. The van der Waals surface area contributed by atoms with Crippen molar-refractivity contribution in [1.82, 2.24) is 9.97 Å². The first-order valence-corrected chi connectivity index (χ1v) is 11.3. The van der Waals surface area contributed by atoms with Gasteiger partial charge < -0.3 is 14.8 Å². The molecule has 0 amide bonds. The van der Waals surface area contributed by atoms with Gasteiger partial charge in [0.25, 0.3) is 10.0 Å². The quantitative estimate of drug-likeness (QED) is 0.323. The minimum atomic E-state index is -4.67. The van der Waals surface area contributed by atoms with E-state index in [0.717, 1.165) is 12.1 Å². The predicted octanol–water partition coefficient (Wildman–Crippen LogP) is 4.75. The number of aromatic amines is 1. The fourth-order valence-corrected chi connectivity index (χ4v) is 4.48. The number of nitrogens with zero attached hydrogens (tertiary/aromatic N) is 1. The number of aromatic nitrogens is 2. The Morgan fingerprint density at radius 1 is 1.11 bits per heavy atom. The number of aliphatic hydroxyl groups is 1. The SMILES string of the molecule is COc1cnc2[nH]cc(C(O)c3c(F)ccc(NS(=O)(=O)c4ccc(C(F)(F)F)cc4)c3F)c2c1. The van der Waals surface area contributed by atoms with Crippen LogP contribution in [0.15, 0.2) is 59.8 Å². The van der Waals surface area contributed by atoms with Crippen molar-refractivity contribution in [3.63, 3.8) is 0 Å². The van der Waals surface area contributed by atoms with Crippen molar-refractivity contribution in [2.75, 3.05) is 11.8 Å². The number of aliphatic hydroxyl groups excluding tert-OH is 1. The summed E-state index contributed by atoms with van der Waals surface area (Å²) >= 11 is 0. The second-order valence-corrected chi connectivity index (χ2v) is 9.05. The molecule has 0 spiro atoms. The lowest BCUT2D eigenvalue weighted by Crippen LogP contribution is -2.16. The van der Waals surface area contributed by atoms with Crippen LogP contribution < -0.4 is 9.46 Å². The molecule has 0 aliphatic heterocycles. The number of nitrogens with one attached hydrogen (secondary N) is 2. The Bertz CT molecular complexity index is 1500. The summed E-state index contributed by atoms with van der Waals surface area (Å²) in [5.74, 6) is -2.24. The summed E-state index contributed by atoms with van der Waals surface area (Å²) in [6.45, 7) is 0. The van der Waals surface area contributed by atoms with E-state index in [4.69, 9.17) is 4.74 Å². The highest BCUT2D eigenvalue weighted by Gasteiger charge is 2.31. The summed E-state index contributed by atoms with van der Waals surface area (Å²) < 4.78 is 100. The maximum absolute atomic E-state index is 15.3. The molecule has 13 heteroatoms. The molecule has 2 aromatic carbocycles. The van der Waals surface area contributed by atoms with Crippen LogP contribution in [0.1, 0.15) is 22.8 Å². The Hall–Kier alpha value is -3.71. The van der Waals surface area contributed by atoms with E-state index < -0.39 is 55.6 Å². The van der Waals surface area contributed by atoms with Gasteiger partial charge in [0, 0.05) is 17.1 Å². The number of benzene rings is 2. The molecule has 0 fully saturated rings. The number of H-pyrrole nitrogens is 1. The van der Waals surface area contributed by atoms with Crippen LogP contribution in [0.4, 0.5) is 27.6 Å². The van der Waals surface area contributed by atoms with Crippen LogP contribution in [0, 0.1) is 11.6 Å². The third-order valence-electron chi connectivity index (χ3n) is 5.20. The summed E-state index contributed by atoms with van der Waals surface area (Å²) in [6, 6.07) is 5.56. The molecule has 0 bridgehead atoms. The summed E-state index contributed by atoms with van der Waals surface area (Å²) in [4.78, 5) is 6.25. The largest absolute Gasteiger partial charge is 0.495 e. The van der Waals surface area contributed by atoms with Crippen molar-refractivity contribution < 1.29 is 40.2 Å².